The lowest BCUT2D eigenvalue weighted by molar-refractivity contribution is -0.243. The van der Waals surface area contributed by atoms with Crippen molar-refractivity contribution in [1.29, 1.82) is 5.26 Å². The van der Waals surface area contributed by atoms with E-state index in [1.165, 1.54) is 11.1 Å². The zero-order valence-corrected chi connectivity index (χ0v) is 17.6. The Morgan fingerprint density at radius 2 is 1.87 bits per heavy atom. The number of fused-ring (bicyclic) bond motifs is 1. The number of likely N-dealkylation sites (N-methyl/N-ethyl adjacent to an activating group) is 1. The number of hydrogen-bond donors (Lipinski definition) is 2. The Bertz CT molecular complexity index is 1160. The van der Waals surface area contributed by atoms with Crippen LogP contribution in [-0.4, -0.2) is 52.6 Å². The summed E-state index contributed by atoms with van der Waals surface area (Å²) in [5.41, 5.74) is 3.11. The molecule has 2 fully saturated rings. The molecule has 0 radical (unpaired) electrons. The van der Waals surface area contributed by atoms with E-state index in [0.717, 1.165) is 43.4 Å². The molecule has 5 nitrogen and oxygen atoms in total. The van der Waals surface area contributed by atoms with Crippen LogP contribution in [-0.2, 0) is 24.7 Å². The van der Waals surface area contributed by atoms with Crippen molar-refractivity contribution in [3.8, 4) is 11.8 Å². The molecule has 2 heterocycles. The highest BCUT2D eigenvalue weighted by molar-refractivity contribution is 5.63. The van der Waals surface area contributed by atoms with E-state index in [0.29, 0.717) is 17.7 Å². The molecule has 5 aliphatic rings. The van der Waals surface area contributed by atoms with Crippen LogP contribution in [0.15, 0.2) is 36.4 Å². The molecule has 2 aliphatic heterocycles. The number of benzene rings is 2. The molecule has 5 atom stereocenters. The molecule has 7 rings (SSSR count). The van der Waals surface area contributed by atoms with Gasteiger partial charge in [-0.3, -0.25) is 0 Å². The van der Waals surface area contributed by atoms with E-state index in [1.54, 1.807) is 0 Å². The largest absolute Gasteiger partial charge is 0.485 e. The summed E-state index contributed by atoms with van der Waals surface area (Å²) in [4.78, 5) is 2.30. The lowest BCUT2D eigenvalue weighted by Crippen LogP contribution is -2.79. The van der Waals surface area contributed by atoms with Gasteiger partial charge in [0.25, 0.3) is 0 Å². The SMILES string of the molecule is CN1CCC23c4c5ccc(C#N)c4OC2C(O)C2(Cc4ccccc4C2)CC3(O)[C@H]1C5. The van der Waals surface area contributed by atoms with Gasteiger partial charge in [-0.2, -0.15) is 5.26 Å². The van der Waals surface area contributed by atoms with Crippen LogP contribution in [0.2, 0.25) is 0 Å². The van der Waals surface area contributed by atoms with Gasteiger partial charge in [-0.05, 0) is 68.5 Å². The molecule has 158 valence electrons. The Hall–Kier alpha value is -2.39. The first kappa shape index (κ1) is 18.2. The summed E-state index contributed by atoms with van der Waals surface area (Å²) in [5, 5.41) is 34.3. The monoisotopic (exact) mass is 414 g/mol. The van der Waals surface area contributed by atoms with E-state index < -0.39 is 28.6 Å². The van der Waals surface area contributed by atoms with Crippen LogP contribution < -0.4 is 4.74 Å². The van der Waals surface area contributed by atoms with Crippen LogP contribution in [0.3, 0.4) is 0 Å². The molecule has 0 amide bonds. The highest BCUT2D eigenvalue weighted by atomic mass is 16.5. The molecule has 3 aliphatic carbocycles. The van der Waals surface area contributed by atoms with Crippen LogP contribution in [0.4, 0.5) is 0 Å². The van der Waals surface area contributed by atoms with Crippen LogP contribution >= 0.6 is 0 Å². The van der Waals surface area contributed by atoms with E-state index in [4.69, 9.17) is 4.74 Å². The normalized spacial score (nSPS) is 38.3. The van der Waals surface area contributed by atoms with Gasteiger partial charge in [-0.15, -0.1) is 0 Å². The Labute approximate surface area is 181 Å². The van der Waals surface area contributed by atoms with E-state index in [1.807, 2.05) is 12.1 Å². The van der Waals surface area contributed by atoms with Crippen LogP contribution in [0.25, 0.3) is 0 Å². The first-order chi connectivity index (χ1) is 14.9. The van der Waals surface area contributed by atoms with Gasteiger partial charge in [0.2, 0.25) is 0 Å². The van der Waals surface area contributed by atoms with Crippen molar-refractivity contribution < 1.29 is 14.9 Å². The van der Waals surface area contributed by atoms with Crippen LogP contribution in [0.1, 0.15) is 40.7 Å². The van der Waals surface area contributed by atoms with Gasteiger partial charge in [-0.25, -0.2) is 0 Å². The maximum absolute atomic E-state index is 12.7. The lowest BCUT2D eigenvalue weighted by atomic mass is 9.44. The summed E-state index contributed by atoms with van der Waals surface area (Å²) in [5.74, 6) is 0.609. The molecule has 2 N–H and O–H groups in total. The molecule has 2 aromatic rings. The van der Waals surface area contributed by atoms with Crippen molar-refractivity contribution in [1.82, 2.24) is 4.90 Å². The smallest absolute Gasteiger partial charge is 0.141 e. The molecule has 0 aromatic heterocycles. The third-order valence-corrected chi connectivity index (χ3v) is 9.41. The molecule has 5 heteroatoms. The molecule has 31 heavy (non-hydrogen) atoms. The standard InChI is InChI=1S/C26H26N2O3/c1-28-9-8-25-20-15-6-7-18(13-27)21(20)31-23(25)22(29)24(14-26(25,30)19(28)10-15)11-16-4-2-3-5-17(16)12-24/h2-7,19,22-23,29-30H,8-12,14H2,1H3/t19-,22?,23?,25?,26?/m1/s1. The minimum absolute atomic E-state index is 0.0215. The molecule has 1 saturated carbocycles. The van der Waals surface area contributed by atoms with E-state index >= 15 is 0 Å². The highest BCUT2D eigenvalue weighted by Crippen LogP contribution is 2.68. The second-order valence-corrected chi connectivity index (χ2v) is 10.6. The molecular weight excluding hydrogens is 388 g/mol. The Morgan fingerprint density at radius 1 is 1.13 bits per heavy atom. The quantitative estimate of drug-likeness (QED) is 0.691. The zero-order valence-electron chi connectivity index (χ0n) is 17.6. The summed E-state index contributed by atoms with van der Waals surface area (Å²) in [6, 6.07) is 14.6. The average Bonchev–Trinajstić information content (AvgIpc) is 3.30. The molecular formula is C26H26N2O3. The zero-order chi connectivity index (χ0) is 21.2. The van der Waals surface area contributed by atoms with Crippen molar-refractivity contribution in [2.45, 2.75) is 61.4 Å². The number of aliphatic hydroxyl groups excluding tert-OH is 1. The second kappa shape index (κ2) is 5.50. The molecule has 2 bridgehead atoms. The van der Waals surface area contributed by atoms with Crippen molar-refractivity contribution in [3.63, 3.8) is 0 Å². The number of aliphatic hydroxyl groups is 2. The highest BCUT2D eigenvalue weighted by Gasteiger charge is 2.76. The van der Waals surface area contributed by atoms with Gasteiger partial charge in [0, 0.05) is 17.0 Å². The first-order valence-electron chi connectivity index (χ1n) is 11.3. The summed E-state index contributed by atoms with van der Waals surface area (Å²) in [6.07, 6.45) is 2.32. The third-order valence-electron chi connectivity index (χ3n) is 9.41. The number of nitrogens with zero attached hydrogens (tertiary/aromatic N) is 2. The van der Waals surface area contributed by atoms with Crippen molar-refractivity contribution in [2.75, 3.05) is 13.6 Å². The van der Waals surface area contributed by atoms with E-state index in [2.05, 4.69) is 42.3 Å². The Balaban J connectivity index is 1.48. The average molecular weight is 415 g/mol. The van der Waals surface area contributed by atoms with Gasteiger partial charge >= 0.3 is 0 Å². The van der Waals surface area contributed by atoms with Gasteiger partial charge < -0.3 is 19.8 Å². The third kappa shape index (κ3) is 1.86. The minimum atomic E-state index is -1.00. The van der Waals surface area contributed by atoms with Gasteiger partial charge in [-0.1, -0.05) is 30.3 Å². The summed E-state index contributed by atoms with van der Waals surface area (Å²) in [7, 11) is 2.11. The number of likely N-dealkylation sites (tertiary alicyclic amines) is 1. The first-order valence-corrected chi connectivity index (χ1v) is 11.3. The van der Waals surface area contributed by atoms with Crippen LogP contribution in [0, 0.1) is 16.7 Å². The lowest BCUT2D eigenvalue weighted by Gasteiger charge is -2.66. The molecule has 2 aromatic carbocycles. The summed E-state index contributed by atoms with van der Waals surface area (Å²) in [6.45, 7) is 0.850. The van der Waals surface area contributed by atoms with Gasteiger partial charge in [0.1, 0.15) is 17.9 Å². The number of ether oxygens (including phenoxy) is 1. The number of piperidine rings is 1. The summed E-state index contributed by atoms with van der Waals surface area (Å²) >= 11 is 0. The van der Waals surface area contributed by atoms with E-state index in [9.17, 15) is 15.5 Å². The fraction of sp³-hybridized carbons (Fsp3) is 0.500. The maximum Gasteiger partial charge on any atom is 0.141 e. The van der Waals surface area contributed by atoms with Crippen molar-refractivity contribution in [3.05, 3.63) is 64.2 Å². The fourth-order valence-electron chi connectivity index (χ4n) is 8.14. The molecule has 4 unspecified atom stereocenters. The second-order valence-electron chi connectivity index (χ2n) is 10.6. The predicted octanol–water partition coefficient (Wildman–Crippen LogP) is 2.10. The minimum Gasteiger partial charge on any atom is -0.485 e. The fourth-order valence-corrected chi connectivity index (χ4v) is 8.14. The van der Waals surface area contributed by atoms with E-state index in [-0.39, 0.29) is 6.04 Å². The predicted molar refractivity (Wildman–Crippen MR) is 114 cm³/mol. The number of rotatable bonds is 0. The molecule has 1 saturated heterocycles. The Kier molecular flexibility index (Phi) is 3.23. The van der Waals surface area contributed by atoms with Crippen LogP contribution in [0.5, 0.6) is 5.75 Å². The summed E-state index contributed by atoms with van der Waals surface area (Å²) < 4.78 is 6.55. The van der Waals surface area contributed by atoms with Crippen molar-refractivity contribution >= 4 is 0 Å². The number of nitriles is 1. The topological polar surface area (TPSA) is 76.7 Å². The maximum atomic E-state index is 12.7. The van der Waals surface area contributed by atoms with Gasteiger partial charge in [0.05, 0.1) is 22.7 Å². The number of hydrogen-bond acceptors (Lipinski definition) is 5. The van der Waals surface area contributed by atoms with Gasteiger partial charge in [0.15, 0.2) is 0 Å². The molecule has 2 spiro atoms. The Morgan fingerprint density at radius 3 is 2.58 bits per heavy atom. The van der Waals surface area contributed by atoms with Crippen molar-refractivity contribution in [2.24, 2.45) is 5.41 Å².